The van der Waals surface area contributed by atoms with E-state index in [2.05, 4.69) is 15.3 Å². The van der Waals surface area contributed by atoms with Crippen LogP contribution in [0.3, 0.4) is 0 Å². The van der Waals surface area contributed by atoms with E-state index < -0.39 is 0 Å². The molecule has 2 heterocycles. The van der Waals surface area contributed by atoms with E-state index in [1.807, 2.05) is 6.92 Å². The normalized spacial score (nSPS) is 11.2. The third-order valence-corrected chi connectivity index (χ3v) is 3.41. The van der Waals surface area contributed by atoms with E-state index in [4.69, 9.17) is 11.6 Å². The monoisotopic (exact) mass is 268 g/mol. The first-order valence-electron chi connectivity index (χ1n) is 4.79. The molecule has 0 radical (unpaired) electrons. The van der Waals surface area contributed by atoms with Crippen molar-refractivity contribution in [2.24, 2.45) is 0 Å². The summed E-state index contributed by atoms with van der Waals surface area (Å²) in [6.45, 7) is 1.87. The highest BCUT2D eigenvalue weighted by Crippen LogP contribution is 2.28. The molecule has 0 spiro atoms. The van der Waals surface area contributed by atoms with Crippen LogP contribution in [0.15, 0.2) is 18.2 Å². The summed E-state index contributed by atoms with van der Waals surface area (Å²) in [6, 6.07) is 4.12. The van der Waals surface area contributed by atoms with Gasteiger partial charge in [0.15, 0.2) is 5.82 Å². The maximum absolute atomic E-state index is 13.2. The average Bonchev–Trinajstić information content (AvgIpc) is 2.80. The van der Waals surface area contributed by atoms with Gasteiger partial charge in [-0.2, -0.15) is 9.61 Å². The summed E-state index contributed by atoms with van der Waals surface area (Å²) in [7, 11) is 0. The van der Waals surface area contributed by atoms with Gasteiger partial charge in [-0.1, -0.05) is 22.9 Å². The zero-order valence-electron chi connectivity index (χ0n) is 8.69. The fraction of sp³-hybridized carbons (Fsp3) is 0.100. The molecule has 3 rings (SSSR count). The predicted octanol–water partition coefficient (Wildman–Crippen LogP) is 2.95. The highest BCUT2D eigenvalue weighted by atomic mass is 35.5. The van der Waals surface area contributed by atoms with E-state index in [1.54, 1.807) is 4.52 Å². The summed E-state index contributed by atoms with van der Waals surface area (Å²) in [5.41, 5.74) is 0.490. The highest BCUT2D eigenvalue weighted by Gasteiger charge is 2.15. The summed E-state index contributed by atoms with van der Waals surface area (Å²) in [5.74, 6) is 0.0851. The first-order valence-corrected chi connectivity index (χ1v) is 5.99. The van der Waals surface area contributed by atoms with Crippen LogP contribution in [0.4, 0.5) is 4.39 Å². The Balaban J connectivity index is 2.29. The number of halogens is 2. The molecule has 0 fully saturated rings. The van der Waals surface area contributed by atoms with Crippen LogP contribution in [0.5, 0.6) is 0 Å². The van der Waals surface area contributed by atoms with E-state index >= 15 is 0 Å². The number of rotatable bonds is 1. The van der Waals surface area contributed by atoms with Crippen molar-refractivity contribution in [1.29, 1.82) is 0 Å². The zero-order valence-corrected chi connectivity index (χ0v) is 10.3. The maximum atomic E-state index is 13.2. The Hall–Kier alpha value is -1.53. The molecule has 7 heteroatoms. The van der Waals surface area contributed by atoms with E-state index in [0.29, 0.717) is 21.4 Å². The molecule has 2 aromatic heterocycles. The van der Waals surface area contributed by atoms with Gasteiger partial charge >= 0.3 is 0 Å². The molecule has 17 heavy (non-hydrogen) atoms. The summed E-state index contributed by atoms with van der Waals surface area (Å²) in [5, 5.41) is 13.5. The number of fused-ring (bicyclic) bond motifs is 1. The summed E-state index contributed by atoms with van der Waals surface area (Å²) < 4.78 is 14.8. The Kier molecular flexibility index (Phi) is 2.34. The van der Waals surface area contributed by atoms with Crippen molar-refractivity contribution in [3.63, 3.8) is 0 Å². The number of benzene rings is 1. The Bertz CT molecular complexity index is 705. The number of hydrogen-bond acceptors (Lipinski definition) is 4. The molecule has 0 bridgehead atoms. The van der Waals surface area contributed by atoms with Crippen LogP contribution < -0.4 is 0 Å². The molecule has 1 aromatic carbocycles. The van der Waals surface area contributed by atoms with Gasteiger partial charge in [-0.15, -0.1) is 10.2 Å². The number of hydrogen-bond donors (Lipinski definition) is 0. The molecule has 4 nitrogen and oxygen atoms in total. The van der Waals surface area contributed by atoms with Crippen LogP contribution in [0, 0.1) is 12.7 Å². The lowest BCUT2D eigenvalue weighted by Crippen LogP contribution is -1.92. The van der Waals surface area contributed by atoms with Crippen LogP contribution >= 0.6 is 22.9 Å². The number of aryl methyl sites for hydroxylation is 1. The van der Waals surface area contributed by atoms with Gasteiger partial charge in [0.05, 0.1) is 5.02 Å². The van der Waals surface area contributed by atoms with Gasteiger partial charge in [0.1, 0.15) is 10.8 Å². The SMILES string of the molecule is Cc1nn2c(-c3cc(F)ccc3Cl)nnc2s1. The van der Waals surface area contributed by atoms with Gasteiger partial charge in [0.25, 0.3) is 0 Å². The molecular formula is C10H6ClFN4S. The van der Waals surface area contributed by atoms with Crippen molar-refractivity contribution in [2.45, 2.75) is 6.92 Å². The lowest BCUT2D eigenvalue weighted by molar-refractivity contribution is 0.628. The van der Waals surface area contributed by atoms with Crippen LogP contribution in [0.25, 0.3) is 16.3 Å². The van der Waals surface area contributed by atoms with Crippen molar-refractivity contribution in [1.82, 2.24) is 19.8 Å². The van der Waals surface area contributed by atoms with Gasteiger partial charge in [0, 0.05) is 5.56 Å². The lowest BCUT2D eigenvalue weighted by atomic mass is 10.2. The Labute approximate surface area is 105 Å². The third kappa shape index (κ3) is 1.69. The van der Waals surface area contributed by atoms with E-state index in [1.165, 1.54) is 29.5 Å². The number of nitrogens with zero attached hydrogens (tertiary/aromatic N) is 4. The highest BCUT2D eigenvalue weighted by molar-refractivity contribution is 7.16. The fourth-order valence-electron chi connectivity index (χ4n) is 1.55. The minimum absolute atomic E-state index is 0.367. The van der Waals surface area contributed by atoms with Gasteiger partial charge in [-0.05, 0) is 25.1 Å². The minimum atomic E-state index is -0.367. The summed E-state index contributed by atoms with van der Waals surface area (Å²) in [6.07, 6.45) is 0. The molecule has 0 amide bonds. The second kappa shape index (κ2) is 3.75. The predicted molar refractivity (Wildman–Crippen MR) is 63.8 cm³/mol. The molecule has 0 saturated carbocycles. The smallest absolute Gasteiger partial charge is 0.207 e. The van der Waals surface area contributed by atoms with Crippen molar-refractivity contribution >= 4 is 27.9 Å². The van der Waals surface area contributed by atoms with Gasteiger partial charge in [-0.25, -0.2) is 4.39 Å². The molecule has 0 aliphatic carbocycles. The summed E-state index contributed by atoms with van der Waals surface area (Å²) >= 11 is 7.44. The van der Waals surface area contributed by atoms with Crippen LogP contribution in [0.2, 0.25) is 5.02 Å². The van der Waals surface area contributed by atoms with Crippen molar-refractivity contribution in [2.75, 3.05) is 0 Å². The fourth-order valence-corrected chi connectivity index (χ4v) is 2.43. The quantitative estimate of drug-likeness (QED) is 0.681. The van der Waals surface area contributed by atoms with Gasteiger partial charge in [-0.3, -0.25) is 0 Å². The number of aromatic nitrogens is 4. The lowest BCUT2D eigenvalue weighted by Gasteiger charge is -2.00. The second-order valence-electron chi connectivity index (χ2n) is 3.46. The van der Waals surface area contributed by atoms with Crippen LogP contribution in [0.1, 0.15) is 5.01 Å². The Morgan fingerprint density at radius 2 is 2.18 bits per heavy atom. The Morgan fingerprint density at radius 1 is 1.35 bits per heavy atom. The maximum Gasteiger partial charge on any atom is 0.234 e. The molecule has 0 atom stereocenters. The van der Waals surface area contributed by atoms with Crippen LogP contribution in [-0.2, 0) is 0 Å². The summed E-state index contributed by atoms with van der Waals surface area (Å²) in [4.78, 5) is 0.665. The largest absolute Gasteiger partial charge is 0.234 e. The zero-order chi connectivity index (χ0) is 12.0. The van der Waals surface area contributed by atoms with Crippen molar-refractivity contribution in [3.8, 4) is 11.4 Å². The molecule has 86 valence electrons. The van der Waals surface area contributed by atoms with Gasteiger partial charge < -0.3 is 0 Å². The topological polar surface area (TPSA) is 43.1 Å². The first kappa shape index (κ1) is 10.6. The van der Waals surface area contributed by atoms with E-state index in [0.717, 1.165) is 5.01 Å². The molecule has 0 saturated heterocycles. The molecular weight excluding hydrogens is 263 g/mol. The van der Waals surface area contributed by atoms with E-state index in [-0.39, 0.29) is 5.82 Å². The minimum Gasteiger partial charge on any atom is -0.207 e. The van der Waals surface area contributed by atoms with Crippen molar-refractivity contribution < 1.29 is 4.39 Å². The third-order valence-electron chi connectivity index (χ3n) is 2.26. The molecule has 3 aromatic rings. The van der Waals surface area contributed by atoms with Gasteiger partial charge in [0.2, 0.25) is 4.96 Å². The standard InChI is InChI=1S/C10H6ClFN4S/c1-5-15-16-9(13-14-10(16)17-5)7-4-6(12)2-3-8(7)11/h2-4H,1H3. The molecule has 0 unspecified atom stereocenters. The average molecular weight is 269 g/mol. The second-order valence-corrected chi connectivity index (χ2v) is 5.03. The van der Waals surface area contributed by atoms with Crippen LogP contribution in [-0.4, -0.2) is 19.8 Å². The molecule has 0 aliphatic heterocycles. The first-order chi connectivity index (χ1) is 8.15. The van der Waals surface area contributed by atoms with Crippen molar-refractivity contribution in [3.05, 3.63) is 34.0 Å². The molecule has 0 aliphatic rings. The Morgan fingerprint density at radius 3 is 3.00 bits per heavy atom. The van der Waals surface area contributed by atoms with E-state index in [9.17, 15) is 4.39 Å². The molecule has 0 N–H and O–H groups in total.